The number of hydrogen-bond donors (Lipinski definition) is 1. The Balaban J connectivity index is 3.46. The summed E-state index contributed by atoms with van der Waals surface area (Å²) in [5.74, 6) is 1.21. The quantitative estimate of drug-likeness (QED) is 0.518. The predicted molar refractivity (Wildman–Crippen MR) is 39.3 cm³/mol. The Morgan fingerprint density at radius 2 is 2.30 bits per heavy atom. The van der Waals surface area contributed by atoms with E-state index < -0.39 is 0 Å². The lowest BCUT2D eigenvalue weighted by Gasteiger charge is -1.95. The van der Waals surface area contributed by atoms with Crippen LogP contribution in [0.5, 0.6) is 0 Å². The first kappa shape index (κ1) is 5.65. The van der Waals surface area contributed by atoms with Crippen LogP contribution in [0.2, 0.25) is 0 Å². The Morgan fingerprint density at radius 1 is 1.70 bits per heavy atom. The zero-order chi connectivity index (χ0) is 8.59. The van der Waals surface area contributed by atoms with Gasteiger partial charge in [-0.05, 0) is 11.9 Å². The maximum Gasteiger partial charge on any atom is 0.297 e. The molecule has 54 valence electrons. The highest BCUT2D eigenvalue weighted by Crippen LogP contribution is 2.01. The Kier molecular flexibility index (Phi) is 1.27. The summed E-state index contributed by atoms with van der Waals surface area (Å²) >= 11 is 0. The van der Waals surface area contributed by atoms with E-state index >= 15 is 0 Å². The van der Waals surface area contributed by atoms with E-state index in [2.05, 4.69) is 4.98 Å². The second-order valence-electron chi connectivity index (χ2n) is 2.34. The second-order valence-corrected chi connectivity index (χ2v) is 2.34. The second kappa shape index (κ2) is 2.25. The van der Waals surface area contributed by atoms with Gasteiger partial charge in [0.15, 0.2) is 0 Å². The Morgan fingerprint density at radius 3 is 2.90 bits per heavy atom. The van der Waals surface area contributed by atoms with Crippen molar-refractivity contribution in [2.24, 2.45) is 7.05 Å². The van der Waals surface area contributed by atoms with Gasteiger partial charge >= 0.3 is 0 Å². The molecule has 0 aliphatic rings. The third-order valence-corrected chi connectivity index (χ3v) is 1.49. The van der Waals surface area contributed by atoms with Crippen LogP contribution in [0.15, 0.2) is 6.17 Å². The van der Waals surface area contributed by atoms with E-state index in [-0.39, 0.29) is 0 Å². The molecule has 0 amide bonds. The molecule has 3 heteroatoms. The van der Waals surface area contributed by atoms with Crippen LogP contribution >= 0.6 is 0 Å². The number of aromatic nitrogens is 2. The van der Waals surface area contributed by atoms with E-state index in [0.29, 0.717) is 12.0 Å². The molecule has 1 aromatic rings. The zero-order valence-electron chi connectivity index (χ0n) is 7.47. The van der Waals surface area contributed by atoms with Crippen LogP contribution < -0.4 is 10.3 Å². The molecule has 0 saturated carbocycles. The van der Waals surface area contributed by atoms with Gasteiger partial charge in [-0.25, -0.2) is 4.57 Å². The topological polar surface area (TPSA) is 42.8 Å². The molecule has 0 radical (unpaired) electrons. The third-order valence-electron chi connectivity index (χ3n) is 1.49. The minimum absolute atomic E-state index is 0.426. The molecule has 0 spiro atoms. The summed E-state index contributed by atoms with van der Waals surface area (Å²) in [5, 5.41) is 0. The highest BCUT2D eigenvalue weighted by molar-refractivity contribution is 5.34. The summed E-state index contributed by atoms with van der Waals surface area (Å²) in [6.07, 6.45) is 0.426. The number of nitrogen functional groups attached to an aromatic ring is 1. The fraction of sp³-hybridized carbons (Fsp3) is 0.429. The smallest absolute Gasteiger partial charge is 0.297 e. The van der Waals surface area contributed by atoms with Crippen molar-refractivity contribution in [2.45, 2.75) is 13.8 Å². The maximum absolute atomic E-state index is 7.57. The van der Waals surface area contributed by atoms with E-state index in [1.807, 2.05) is 6.92 Å². The van der Waals surface area contributed by atoms with Gasteiger partial charge in [0, 0.05) is 6.92 Å². The number of anilines is 1. The van der Waals surface area contributed by atoms with Gasteiger partial charge in [-0.15, -0.1) is 0 Å². The minimum Gasteiger partial charge on any atom is -0.363 e. The molecule has 1 aromatic heterocycles. The van der Waals surface area contributed by atoms with Gasteiger partial charge in [0.25, 0.3) is 5.82 Å². The first-order valence-electron chi connectivity index (χ1n) is 3.63. The Bertz CT molecular complexity index is 270. The van der Waals surface area contributed by atoms with Crippen molar-refractivity contribution in [3.8, 4) is 0 Å². The van der Waals surface area contributed by atoms with Crippen LogP contribution in [-0.2, 0) is 7.05 Å². The lowest BCUT2D eigenvalue weighted by molar-refractivity contribution is -0.681. The minimum atomic E-state index is 0.426. The molecular formula is C7H12N3+. The number of nitrogens with two attached hydrogens (primary N) is 1. The Labute approximate surface area is 61.9 Å². The molecule has 0 aromatic carbocycles. The molecule has 1 rings (SSSR count). The Hall–Kier alpha value is -1.12. The number of hydrogen-bond acceptors (Lipinski definition) is 2. The van der Waals surface area contributed by atoms with Crippen molar-refractivity contribution in [3.05, 3.63) is 17.6 Å². The van der Waals surface area contributed by atoms with E-state index in [1.54, 1.807) is 18.5 Å². The van der Waals surface area contributed by atoms with Crippen LogP contribution in [0.25, 0.3) is 0 Å². The first-order chi connectivity index (χ1) is 5.04. The molecule has 0 atom stereocenters. The molecule has 10 heavy (non-hydrogen) atoms. The van der Waals surface area contributed by atoms with E-state index in [4.69, 9.17) is 7.10 Å². The average molecular weight is 139 g/mol. The van der Waals surface area contributed by atoms with Crippen LogP contribution in [0.3, 0.4) is 0 Å². The van der Waals surface area contributed by atoms with Crippen LogP contribution in [-0.4, -0.2) is 4.98 Å². The highest BCUT2D eigenvalue weighted by atomic mass is 15.0. The molecule has 2 N–H and O–H groups in total. The summed E-state index contributed by atoms with van der Waals surface area (Å²) in [6.45, 7) is 3.62. The monoisotopic (exact) mass is 139 g/mol. The fourth-order valence-corrected chi connectivity index (χ4v) is 0.723. The summed E-state index contributed by atoms with van der Waals surface area (Å²) in [6, 6.07) is 0. The molecule has 0 aliphatic heterocycles. The maximum atomic E-state index is 7.57. The molecule has 0 aliphatic carbocycles. The molecular weight excluding hydrogens is 126 g/mol. The predicted octanol–water partition coefficient (Wildman–Crippen LogP) is 0.105. The largest absolute Gasteiger partial charge is 0.363 e. The SMILES string of the molecule is [2H]c1c(C)c(N)nc(C)[n+]1C. The van der Waals surface area contributed by atoms with Crippen molar-refractivity contribution in [3.63, 3.8) is 0 Å². The van der Waals surface area contributed by atoms with Crippen molar-refractivity contribution in [1.82, 2.24) is 4.98 Å². The highest BCUT2D eigenvalue weighted by Gasteiger charge is 2.06. The van der Waals surface area contributed by atoms with Crippen molar-refractivity contribution in [1.29, 1.82) is 0 Å². The van der Waals surface area contributed by atoms with E-state index in [1.165, 1.54) is 0 Å². The van der Waals surface area contributed by atoms with Gasteiger partial charge in [-0.3, -0.25) is 0 Å². The first-order valence-corrected chi connectivity index (χ1v) is 3.13. The molecule has 0 unspecified atom stereocenters. The lowest BCUT2D eigenvalue weighted by Crippen LogP contribution is -2.33. The van der Waals surface area contributed by atoms with E-state index in [9.17, 15) is 0 Å². The standard InChI is InChI=1S/C7H11N3/c1-5-4-10(3)6(2)9-7(5)8/h4,8H,1-3H3/p+1/i4D. The summed E-state index contributed by atoms with van der Waals surface area (Å²) in [7, 11) is 1.80. The van der Waals surface area contributed by atoms with Crippen LogP contribution in [0, 0.1) is 13.8 Å². The number of rotatable bonds is 0. The number of nitrogens with zero attached hydrogens (tertiary/aromatic N) is 2. The van der Waals surface area contributed by atoms with E-state index in [0.717, 1.165) is 11.4 Å². The zero-order valence-corrected chi connectivity index (χ0v) is 6.47. The van der Waals surface area contributed by atoms with Crippen molar-refractivity contribution < 1.29 is 5.94 Å². The fourth-order valence-electron chi connectivity index (χ4n) is 0.723. The van der Waals surface area contributed by atoms with Crippen LogP contribution in [0.1, 0.15) is 12.8 Å². The van der Waals surface area contributed by atoms with Crippen molar-refractivity contribution in [2.75, 3.05) is 5.73 Å². The molecule has 0 fully saturated rings. The van der Waals surface area contributed by atoms with Gasteiger partial charge in [0.05, 0.1) is 18.8 Å². The summed E-state index contributed by atoms with van der Waals surface area (Å²) in [5.41, 5.74) is 6.28. The van der Waals surface area contributed by atoms with Gasteiger partial charge in [0.2, 0.25) is 5.82 Å². The molecule has 0 bridgehead atoms. The van der Waals surface area contributed by atoms with Crippen LogP contribution in [0.4, 0.5) is 5.82 Å². The third kappa shape index (κ3) is 1.07. The van der Waals surface area contributed by atoms with Gasteiger partial charge < -0.3 is 5.73 Å². The average Bonchev–Trinajstić information content (AvgIpc) is 1.97. The molecule has 3 nitrogen and oxygen atoms in total. The normalized spacial score (nSPS) is 11.3. The molecule has 1 heterocycles. The number of aryl methyl sites for hydroxylation is 1. The van der Waals surface area contributed by atoms with Gasteiger partial charge in [-0.1, -0.05) is 0 Å². The molecule has 0 saturated heterocycles. The lowest BCUT2D eigenvalue weighted by atomic mass is 10.3. The van der Waals surface area contributed by atoms with Crippen molar-refractivity contribution >= 4 is 5.82 Å². The van der Waals surface area contributed by atoms with Gasteiger partial charge in [-0.2, -0.15) is 0 Å². The summed E-state index contributed by atoms with van der Waals surface area (Å²) < 4.78 is 9.27. The summed E-state index contributed by atoms with van der Waals surface area (Å²) in [4.78, 5) is 4.05. The van der Waals surface area contributed by atoms with Gasteiger partial charge in [0.1, 0.15) is 1.37 Å².